The molecule has 2 N–H and O–H groups in total. The lowest BCUT2D eigenvalue weighted by Gasteiger charge is -2.12. The maximum atomic E-state index is 6.01. The lowest BCUT2D eigenvalue weighted by atomic mass is 10.3. The van der Waals surface area contributed by atoms with Crippen LogP contribution in [0.3, 0.4) is 0 Å². The summed E-state index contributed by atoms with van der Waals surface area (Å²) in [4.78, 5) is 5.49. The first kappa shape index (κ1) is 13.9. The molecule has 0 aliphatic heterocycles. The van der Waals surface area contributed by atoms with E-state index in [1.165, 1.54) is 4.88 Å². The fraction of sp³-hybridized carbons (Fsp3) is 0.538. The fourth-order valence-corrected chi connectivity index (χ4v) is 2.60. The summed E-state index contributed by atoms with van der Waals surface area (Å²) >= 11 is 1.66. The highest BCUT2D eigenvalue weighted by atomic mass is 32.1. The number of hydrogen-bond acceptors (Lipinski definition) is 5. The minimum atomic E-state index is 0.233. The van der Waals surface area contributed by atoms with Gasteiger partial charge in [0.25, 0.3) is 0 Å². The second kappa shape index (κ2) is 5.61. The molecule has 0 bridgehead atoms. The van der Waals surface area contributed by atoms with Gasteiger partial charge < -0.3 is 10.5 Å². The Morgan fingerprint density at radius 2 is 2.11 bits per heavy atom. The van der Waals surface area contributed by atoms with Crippen molar-refractivity contribution in [3.05, 3.63) is 21.8 Å². The molecule has 19 heavy (non-hydrogen) atoms. The number of ether oxygens (including phenoxy) is 1. The fourth-order valence-electron chi connectivity index (χ4n) is 1.84. The molecule has 2 aromatic heterocycles. The summed E-state index contributed by atoms with van der Waals surface area (Å²) in [5, 5.41) is 4.40. The Labute approximate surface area is 117 Å². The number of thiazole rings is 1. The van der Waals surface area contributed by atoms with Crippen LogP contribution in [0, 0.1) is 13.8 Å². The van der Waals surface area contributed by atoms with Gasteiger partial charge in [-0.15, -0.1) is 11.3 Å². The number of aryl methyl sites for hydroxylation is 2. The summed E-state index contributed by atoms with van der Waals surface area (Å²) in [6.07, 6.45) is 0.845. The molecule has 2 heterocycles. The molecule has 0 radical (unpaired) electrons. The van der Waals surface area contributed by atoms with Crippen LogP contribution in [0.1, 0.15) is 36.2 Å². The van der Waals surface area contributed by atoms with E-state index in [2.05, 4.69) is 23.9 Å². The molecule has 0 aliphatic carbocycles. The zero-order chi connectivity index (χ0) is 14.0. The molecular weight excluding hydrogens is 260 g/mol. The van der Waals surface area contributed by atoms with Crippen molar-refractivity contribution in [3.63, 3.8) is 0 Å². The van der Waals surface area contributed by atoms with Gasteiger partial charge in [0, 0.05) is 11.3 Å². The van der Waals surface area contributed by atoms with Gasteiger partial charge in [0.05, 0.1) is 29.5 Å². The van der Waals surface area contributed by atoms with Gasteiger partial charge in [0.1, 0.15) is 5.69 Å². The van der Waals surface area contributed by atoms with E-state index in [1.807, 2.05) is 24.0 Å². The molecular formula is C13H20N4OS. The van der Waals surface area contributed by atoms with E-state index in [-0.39, 0.29) is 6.04 Å². The number of rotatable bonds is 5. The molecule has 0 unspecified atom stereocenters. The summed E-state index contributed by atoms with van der Waals surface area (Å²) in [7, 11) is 0. The zero-order valence-electron chi connectivity index (χ0n) is 11.8. The van der Waals surface area contributed by atoms with E-state index in [0.717, 1.165) is 17.8 Å². The Hall–Kier alpha value is -1.56. The first-order valence-corrected chi connectivity index (χ1v) is 7.25. The molecule has 0 atom stereocenters. The van der Waals surface area contributed by atoms with E-state index in [0.29, 0.717) is 18.2 Å². The predicted octanol–water partition coefficient (Wildman–Crippen LogP) is 2.74. The van der Waals surface area contributed by atoms with Crippen LogP contribution in [-0.2, 0) is 6.42 Å². The molecule has 0 saturated heterocycles. The number of anilines is 1. The van der Waals surface area contributed by atoms with Crippen molar-refractivity contribution in [3.8, 4) is 5.88 Å². The lowest BCUT2D eigenvalue weighted by Crippen LogP contribution is -2.10. The number of hydrogen-bond donors (Lipinski definition) is 1. The summed E-state index contributed by atoms with van der Waals surface area (Å²) in [6.45, 7) is 8.63. The third kappa shape index (κ3) is 2.89. The van der Waals surface area contributed by atoms with Gasteiger partial charge in [0.2, 0.25) is 5.88 Å². The highest BCUT2D eigenvalue weighted by Gasteiger charge is 2.16. The van der Waals surface area contributed by atoms with Crippen molar-refractivity contribution in [2.45, 2.75) is 40.2 Å². The second-order valence-corrected chi connectivity index (χ2v) is 5.74. The van der Waals surface area contributed by atoms with Gasteiger partial charge in [-0.2, -0.15) is 5.10 Å². The van der Waals surface area contributed by atoms with Crippen molar-refractivity contribution in [1.82, 2.24) is 14.8 Å². The van der Waals surface area contributed by atoms with Crippen molar-refractivity contribution in [2.75, 3.05) is 12.3 Å². The Morgan fingerprint density at radius 3 is 2.68 bits per heavy atom. The van der Waals surface area contributed by atoms with Gasteiger partial charge >= 0.3 is 0 Å². The maximum Gasteiger partial charge on any atom is 0.236 e. The largest absolute Gasteiger partial charge is 0.476 e. The Balaban J connectivity index is 2.05. The van der Waals surface area contributed by atoms with Gasteiger partial charge in [-0.1, -0.05) is 0 Å². The maximum absolute atomic E-state index is 6.01. The third-order valence-corrected chi connectivity index (χ3v) is 3.98. The minimum Gasteiger partial charge on any atom is -0.476 e. The van der Waals surface area contributed by atoms with Crippen LogP contribution in [0.5, 0.6) is 5.88 Å². The Kier molecular flexibility index (Phi) is 4.09. The standard InChI is InChI=1S/C13H20N4OS/c1-8(2)17-13(12(14)10(4)16-17)18-6-5-11-9(3)15-7-19-11/h7-8H,5-6,14H2,1-4H3. The molecule has 0 aromatic carbocycles. The quantitative estimate of drug-likeness (QED) is 0.914. The normalized spacial score (nSPS) is 11.2. The van der Waals surface area contributed by atoms with Crippen molar-refractivity contribution in [1.29, 1.82) is 0 Å². The SMILES string of the molecule is Cc1ncsc1CCOc1c(N)c(C)nn1C(C)C. The van der Waals surface area contributed by atoms with E-state index >= 15 is 0 Å². The number of nitrogens with zero attached hydrogens (tertiary/aromatic N) is 3. The van der Waals surface area contributed by atoms with Crippen LogP contribution in [-0.4, -0.2) is 21.4 Å². The number of nitrogens with two attached hydrogens (primary N) is 1. The lowest BCUT2D eigenvalue weighted by molar-refractivity contribution is 0.281. The first-order chi connectivity index (χ1) is 9.00. The highest BCUT2D eigenvalue weighted by Crippen LogP contribution is 2.28. The smallest absolute Gasteiger partial charge is 0.236 e. The topological polar surface area (TPSA) is 66.0 Å². The van der Waals surface area contributed by atoms with Crippen LogP contribution in [0.2, 0.25) is 0 Å². The van der Waals surface area contributed by atoms with Crippen LogP contribution < -0.4 is 10.5 Å². The van der Waals surface area contributed by atoms with Crippen LogP contribution >= 0.6 is 11.3 Å². The Morgan fingerprint density at radius 1 is 1.37 bits per heavy atom. The highest BCUT2D eigenvalue weighted by molar-refractivity contribution is 7.09. The summed E-state index contributed by atoms with van der Waals surface area (Å²) in [5.41, 5.74) is 10.4. The molecule has 0 fully saturated rings. The number of aromatic nitrogens is 3. The van der Waals surface area contributed by atoms with Gasteiger partial charge in [-0.25, -0.2) is 9.67 Å². The van der Waals surface area contributed by atoms with Crippen molar-refractivity contribution < 1.29 is 4.74 Å². The average Bonchev–Trinajstić information content (AvgIpc) is 2.88. The van der Waals surface area contributed by atoms with Gasteiger partial charge in [0.15, 0.2) is 0 Å². The first-order valence-electron chi connectivity index (χ1n) is 6.37. The molecule has 2 rings (SSSR count). The predicted molar refractivity (Wildman–Crippen MR) is 77.8 cm³/mol. The minimum absolute atomic E-state index is 0.233. The van der Waals surface area contributed by atoms with Crippen LogP contribution in [0.4, 0.5) is 5.69 Å². The van der Waals surface area contributed by atoms with Gasteiger partial charge in [-0.05, 0) is 27.7 Å². The third-order valence-electron chi connectivity index (χ3n) is 2.99. The summed E-state index contributed by atoms with van der Waals surface area (Å²) in [5.74, 6) is 0.676. The Bertz CT molecular complexity index is 559. The van der Waals surface area contributed by atoms with E-state index in [1.54, 1.807) is 11.3 Å². The summed E-state index contributed by atoms with van der Waals surface area (Å²) < 4.78 is 7.67. The monoisotopic (exact) mass is 280 g/mol. The molecule has 0 spiro atoms. The average molecular weight is 280 g/mol. The van der Waals surface area contributed by atoms with E-state index in [4.69, 9.17) is 10.5 Å². The molecule has 0 amide bonds. The molecule has 5 nitrogen and oxygen atoms in total. The number of nitrogen functional groups attached to an aromatic ring is 1. The molecule has 2 aromatic rings. The van der Waals surface area contributed by atoms with Gasteiger partial charge in [-0.3, -0.25) is 0 Å². The molecule has 0 saturated carbocycles. The van der Waals surface area contributed by atoms with E-state index < -0.39 is 0 Å². The van der Waals surface area contributed by atoms with Crippen molar-refractivity contribution >= 4 is 17.0 Å². The van der Waals surface area contributed by atoms with Crippen molar-refractivity contribution in [2.24, 2.45) is 0 Å². The van der Waals surface area contributed by atoms with Crippen LogP contribution in [0.15, 0.2) is 5.51 Å². The zero-order valence-corrected chi connectivity index (χ0v) is 12.6. The molecule has 0 aliphatic rings. The molecule has 104 valence electrons. The second-order valence-electron chi connectivity index (χ2n) is 4.80. The molecule has 6 heteroatoms. The summed E-state index contributed by atoms with van der Waals surface area (Å²) in [6, 6.07) is 0.233. The van der Waals surface area contributed by atoms with E-state index in [9.17, 15) is 0 Å². The van der Waals surface area contributed by atoms with Crippen LogP contribution in [0.25, 0.3) is 0 Å².